The van der Waals surface area contributed by atoms with Crippen molar-refractivity contribution in [2.75, 3.05) is 6.54 Å². The number of H-pyrrole nitrogens is 2. The maximum atomic E-state index is 4.59. The van der Waals surface area contributed by atoms with E-state index >= 15 is 0 Å². The monoisotopic (exact) mass is 359 g/mol. The van der Waals surface area contributed by atoms with Crippen molar-refractivity contribution in [1.29, 1.82) is 0 Å². The van der Waals surface area contributed by atoms with E-state index in [0.29, 0.717) is 13.1 Å². The quantitative estimate of drug-likeness (QED) is 0.505. The Morgan fingerprint density at radius 3 is 1.67 bits per heavy atom. The fourth-order valence-electron chi connectivity index (χ4n) is 3.14. The average Bonchev–Trinajstić information content (AvgIpc) is 3.42. The molecule has 4 heterocycles. The zero-order chi connectivity index (χ0) is 18.3. The fraction of sp³-hybridized carbons (Fsp3) is 0.200. The standard InChI is InChI=1S/C20H21N7/c1-3-7-21-17(5-1)16(18-6-2-4-8-22-18)13-27(14-19-23-9-10-24-19)15-20-25-11-12-26-20/h1-12,16H,13-15H2,(H,23,24)(H,25,26). The van der Waals surface area contributed by atoms with E-state index in [0.717, 1.165) is 29.6 Å². The van der Waals surface area contributed by atoms with Gasteiger partial charge in [0.15, 0.2) is 0 Å². The Hall–Kier alpha value is -3.32. The van der Waals surface area contributed by atoms with E-state index in [4.69, 9.17) is 0 Å². The van der Waals surface area contributed by atoms with Crippen LogP contribution in [-0.4, -0.2) is 41.3 Å². The summed E-state index contributed by atoms with van der Waals surface area (Å²) in [6.45, 7) is 2.11. The molecule has 0 amide bonds. The number of rotatable bonds is 8. The largest absolute Gasteiger partial charge is 0.348 e. The topological polar surface area (TPSA) is 86.4 Å². The summed E-state index contributed by atoms with van der Waals surface area (Å²) in [5.74, 6) is 1.89. The highest BCUT2D eigenvalue weighted by Crippen LogP contribution is 2.23. The molecule has 27 heavy (non-hydrogen) atoms. The van der Waals surface area contributed by atoms with Gasteiger partial charge < -0.3 is 9.97 Å². The molecule has 2 N–H and O–H groups in total. The molecule has 4 aromatic heterocycles. The van der Waals surface area contributed by atoms with Gasteiger partial charge in [0.05, 0.1) is 30.4 Å². The molecule has 4 rings (SSSR count). The van der Waals surface area contributed by atoms with Crippen molar-refractivity contribution in [2.24, 2.45) is 0 Å². The van der Waals surface area contributed by atoms with Crippen molar-refractivity contribution < 1.29 is 0 Å². The minimum Gasteiger partial charge on any atom is -0.348 e. The van der Waals surface area contributed by atoms with E-state index in [1.807, 2.05) is 49.1 Å². The first-order chi connectivity index (χ1) is 13.4. The zero-order valence-electron chi connectivity index (χ0n) is 14.9. The van der Waals surface area contributed by atoms with Crippen LogP contribution in [0, 0.1) is 0 Å². The van der Waals surface area contributed by atoms with Crippen molar-refractivity contribution in [2.45, 2.75) is 19.0 Å². The summed E-state index contributed by atoms with van der Waals surface area (Å²) >= 11 is 0. The Bertz CT molecular complexity index is 830. The SMILES string of the molecule is c1ccc(C(CN(Cc2ncc[nH]2)Cc2ncc[nH]2)c2ccccn2)nc1. The van der Waals surface area contributed by atoms with Crippen LogP contribution in [0.15, 0.2) is 73.6 Å². The summed E-state index contributed by atoms with van der Waals surface area (Å²) in [7, 11) is 0. The lowest BCUT2D eigenvalue weighted by atomic mass is 9.99. The number of pyridine rings is 2. The van der Waals surface area contributed by atoms with Gasteiger partial charge in [-0.05, 0) is 24.3 Å². The molecule has 136 valence electrons. The molecule has 0 saturated heterocycles. The van der Waals surface area contributed by atoms with Crippen LogP contribution < -0.4 is 0 Å². The third-order valence-electron chi connectivity index (χ3n) is 4.39. The van der Waals surface area contributed by atoms with Crippen molar-refractivity contribution in [3.05, 3.63) is 96.6 Å². The van der Waals surface area contributed by atoms with Gasteiger partial charge in [-0.2, -0.15) is 0 Å². The highest BCUT2D eigenvalue weighted by atomic mass is 15.2. The first-order valence-electron chi connectivity index (χ1n) is 8.89. The van der Waals surface area contributed by atoms with Gasteiger partial charge in [0.25, 0.3) is 0 Å². The van der Waals surface area contributed by atoms with Gasteiger partial charge in [-0.15, -0.1) is 0 Å². The Balaban J connectivity index is 1.62. The summed E-state index contributed by atoms with van der Waals surface area (Å²) in [6, 6.07) is 12.0. The molecule has 0 saturated carbocycles. The van der Waals surface area contributed by atoms with E-state index in [1.165, 1.54) is 0 Å². The Morgan fingerprint density at radius 1 is 0.704 bits per heavy atom. The Morgan fingerprint density at radius 2 is 1.26 bits per heavy atom. The summed E-state index contributed by atoms with van der Waals surface area (Å²) < 4.78 is 0. The van der Waals surface area contributed by atoms with Gasteiger partial charge in [-0.3, -0.25) is 14.9 Å². The van der Waals surface area contributed by atoms with Gasteiger partial charge in [0.1, 0.15) is 11.6 Å². The molecular formula is C20H21N7. The van der Waals surface area contributed by atoms with Crippen LogP contribution in [0.1, 0.15) is 29.0 Å². The van der Waals surface area contributed by atoms with Crippen LogP contribution in [0.4, 0.5) is 0 Å². The summed E-state index contributed by atoms with van der Waals surface area (Å²) in [5, 5.41) is 0. The van der Waals surface area contributed by atoms with Crippen LogP contribution in [0.25, 0.3) is 0 Å². The van der Waals surface area contributed by atoms with E-state index in [9.17, 15) is 0 Å². The number of hydrogen-bond acceptors (Lipinski definition) is 5. The highest BCUT2D eigenvalue weighted by molar-refractivity contribution is 5.23. The van der Waals surface area contributed by atoms with Crippen molar-refractivity contribution in [3.8, 4) is 0 Å². The predicted octanol–water partition coefficient (Wildman–Crippen LogP) is 2.76. The van der Waals surface area contributed by atoms with Crippen LogP contribution in [-0.2, 0) is 13.1 Å². The maximum absolute atomic E-state index is 4.59. The first-order valence-corrected chi connectivity index (χ1v) is 8.89. The normalized spacial score (nSPS) is 11.3. The molecule has 0 atom stereocenters. The fourth-order valence-corrected chi connectivity index (χ4v) is 3.14. The van der Waals surface area contributed by atoms with Gasteiger partial charge >= 0.3 is 0 Å². The van der Waals surface area contributed by atoms with Gasteiger partial charge in [0.2, 0.25) is 0 Å². The molecule has 7 heteroatoms. The second kappa shape index (κ2) is 8.37. The van der Waals surface area contributed by atoms with Crippen molar-refractivity contribution >= 4 is 0 Å². The molecule has 0 bridgehead atoms. The summed E-state index contributed by atoms with van der Waals surface area (Å²) in [5.41, 5.74) is 2.00. The van der Waals surface area contributed by atoms with E-state index in [2.05, 4.69) is 46.9 Å². The number of aromatic nitrogens is 6. The maximum Gasteiger partial charge on any atom is 0.120 e. The average molecular weight is 359 g/mol. The minimum atomic E-state index is 0.0531. The molecule has 0 aliphatic heterocycles. The van der Waals surface area contributed by atoms with E-state index < -0.39 is 0 Å². The lowest BCUT2D eigenvalue weighted by Gasteiger charge is -2.26. The first kappa shape index (κ1) is 17.1. The molecule has 0 aliphatic carbocycles. The zero-order valence-corrected chi connectivity index (χ0v) is 14.9. The van der Waals surface area contributed by atoms with Crippen LogP contribution in [0.3, 0.4) is 0 Å². The summed E-state index contributed by atoms with van der Waals surface area (Å²) in [4.78, 5) is 26.6. The Labute approximate surface area is 157 Å². The van der Waals surface area contributed by atoms with E-state index in [-0.39, 0.29) is 5.92 Å². The second-order valence-electron chi connectivity index (χ2n) is 6.30. The number of hydrogen-bond donors (Lipinski definition) is 2. The van der Waals surface area contributed by atoms with Crippen molar-refractivity contribution in [3.63, 3.8) is 0 Å². The van der Waals surface area contributed by atoms with Gasteiger partial charge in [-0.25, -0.2) is 9.97 Å². The molecule has 0 radical (unpaired) electrons. The number of aromatic amines is 2. The van der Waals surface area contributed by atoms with Gasteiger partial charge in [-0.1, -0.05) is 12.1 Å². The van der Waals surface area contributed by atoms with Crippen LogP contribution in [0.2, 0.25) is 0 Å². The number of nitrogens with zero attached hydrogens (tertiary/aromatic N) is 5. The molecule has 0 spiro atoms. The third kappa shape index (κ3) is 4.45. The Kier molecular flexibility index (Phi) is 5.31. The van der Waals surface area contributed by atoms with E-state index in [1.54, 1.807) is 12.4 Å². The molecule has 4 aromatic rings. The van der Waals surface area contributed by atoms with Crippen LogP contribution >= 0.6 is 0 Å². The molecule has 0 aliphatic rings. The minimum absolute atomic E-state index is 0.0531. The number of imidazole rings is 2. The molecular weight excluding hydrogens is 338 g/mol. The third-order valence-corrected chi connectivity index (χ3v) is 4.39. The lowest BCUT2D eigenvalue weighted by molar-refractivity contribution is 0.235. The predicted molar refractivity (Wildman–Crippen MR) is 102 cm³/mol. The number of nitrogens with one attached hydrogen (secondary N) is 2. The highest BCUT2D eigenvalue weighted by Gasteiger charge is 2.22. The second-order valence-corrected chi connectivity index (χ2v) is 6.30. The molecule has 0 unspecified atom stereocenters. The molecule has 0 fully saturated rings. The van der Waals surface area contributed by atoms with Crippen molar-refractivity contribution in [1.82, 2.24) is 34.8 Å². The van der Waals surface area contributed by atoms with Gasteiger partial charge in [0, 0.05) is 43.7 Å². The summed E-state index contributed by atoms with van der Waals surface area (Å²) in [6.07, 6.45) is 10.9. The molecule has 7 nitrogen and oxygen atoms in total. The van der Waals surface area contributed by atoms with Crippen LogP contribution in [0.5, 0.6) is 0 Å². The lowest BCUT2D eigenvalue weighted by Crippen LogP contribution is -2.30. The smallest absolute Gasteiger partial charge is 0.120 e. The molecule has 0 aromatic carbocycles.